The van der Waals surface area contributed by atoms with Gasteiger partial charge in [0.15, 0.2) is 0 Å². The van der Waals surface area contributed by atoms with E-state index in [2.05, 4.69) is 0 Å². The van der Waals surface area contributed by atoms with Crippen LogP contribution in [0.5, 0.6) is 0 Å². The van der Waals surface area contributed by atoms with Gasteiger partial charge in [-0.1, -0.05) is 19.1 Å². The number of carboxylic acids is 1. The average molecular weight is 261 g/mol. The second kappa shape index (κ2) is 5.87. The van der Waals surface area contributed by atoms with E-state index in [-0.39, 0.29) is 11.8 Å². The molecule has 0 aromatic heterocycles. The Kier molecular flexibility index (Phi) is 4.20. The third-order valence-electron chi connectivity index (χ3n) is 3.68. The van der Waals surface area contributed by atoms with Crippen LogP contribution in [0.25, 0.3) is 0 Å². The molecule has 1 aromatic rings. The summed E-state index contributed by atoms with van der Waals surface area (Å²) in [5.41, 5.74) is 1.34. The maximum Gasteiger partial charge on any atom is 0.335 e. The Bertz CT molecular complexity index is 484. The average Bonchev–Trinajstić information content (AvgIpc) is 2.46. The van der Waals surface area contributed by atoms with Crippen molar-refractivity contribution in [3.63, 3.8) is 0 Å². The molecule has 0 bridgehead atoms. The second-order valence-electron chi connectivity index (χ2n) is 4.96. The van der Waals surface area contributed by atoms with Crippen LogP contribution in [0.1, 0.15) is 48.0 Å². The molecule has 0 radical (unpaired) electrons. The number of piperidine rings is 1. The van der Waals surface area contributed by atoms with Crippen molar-refractivity contribution in [2.24, 2.45) is 0 Å². The van der Waals surface area contributed by atoms with E-state index in [0.29, 0.717) is 18.5 Å². The summed E-state index contributed by atoms with van der Waals surface area (Å²) in [6.07, 6.45) is 2.52. The van der Waals surface area contributed by atoms with Crippen molar-refractivity contribution < 1.29 is 14.7 Å². The lowest BCUT2D eigenvalue weighted by Gasteiger charge is -2.33. The van der Waals surface area contributed by atoms with Crippen LogP contribution in [-0.4, -0.2) is 35.0 Å². The topological polar surface area (TPSA) is 57.6 Å². The normalized spacial score (nSPS) is 19.2. The SMILES string of the molecule is CCC(=O)N1CCCC(c2cccc(C(=O)O)c2)C1. The van der Waals surface area contributed by atoms with Crippen molar-refractivity contribution >= 4 is 11.9 Å². The highest BCUT2D eigenvalue weighted by Crippen LogP contribution is 2.27. The third-order valence-corrected chi connectivity index (χ3v) is 3.68. The van der Waals surface area contributed by atoms with Gasteiger partial charge in [-0.15, -0.1) is 0 Å². The molecule has 4 nitrogen and oxygen atoms in total. The molecule has 0 aliphatic carbocycles. The Morgan fingerprint density at radius 3 is 2.89 bits per heavy atom. The van der Waals surface area contributed by atoms with Crippen LogP contribution in [0, 0.1) is 0 Å². The summed E-state index contributed by atoms with van der Waals surface area (Å²) in [5, 5.41) is 9.02. The zero-order valence-corrected chi connectivity index (χ0v) is 11.1. The maximum absolute atomic E-state index is 11.8. The highest BCUT2D eigenvalue weighted by molar-refractivity contribution is 5.87. The second-order valence-corrected chi connectivity index (χ2v) is 4.96. The van der Waals surface area contributed by atoms with Gasteiger partial charge in [0, 0.05) is 25.4 Å². The highest BCUT2D eigenvalue weighted by Gasteiger charge is 2.24. The van der Waals surface area contributed by atoms with Crippen molar-refractivity contribution in [2.75, 3.05) is 13.1 Å². The monoisotopic (exact) mass is 261 g/mol. The predicted molar refractivity (Wildman–Crippen MR) is 72.2 cm³/mol. The molecule has 1 aliphatic rings. The largest absolute Gasteiger partial charge is 0.478 e. The first-order valence-electron chi connectivity index (χ1n) is 6.73. The van der Waals surface area contributed by atoms with Gasteiger partial charge in [0.25, 0.3) is 0 Å². The molecule has 1 heterocycles. The lowest BCUT2D eigenvalue weighted by atomic mass is 9.89. The molecule has 1 aliphatic heterocycles. The molecule has 1 saturated heterocycles. The fourth-order valence-corrected chi connectivity index (χ4v) is 2.62. The van der Waals surface area contributed by atoms with Crippen LogP contribution < -0.4 is 0 Å². The summed E-state index contributed by atoms with van der Waals surface area (Å²) in [4.78, 5) is 24.6. The number of nitrogens with zero attached hydrogens (tertiary/aromatic N) is 1. The van der Waals surface area contributed by atoms with E-state index >= 15 is 0 Å². The molecule has 0 saturated carbocycles. The van der Waals surface area contributed by atoms with Gasteiger partial charge >= 0.3 is 5.97 Å². The van der Waals surface area contributed by atoms with Gasteiger partial charge in [-0.25, -0.2) is 4.79 Å². The summed E-state index contributed by atoms with van der Waals surface area (Å²) in [6, 6.07) is 7.06. The smallest absolute Gasteiger partial charge is 0.335 e. The van der Waals surface area contributed by atoms with Gasteiger partial charge in [0.05, 0.1) is 5.56 Å². The van der Waals surface area contributed by atoms with Crippen molar-refractivity contribution in [1.29, 1.82) is 0 Å². The summed E-state index contributed by atoms with van der Waals surface area (Å²) < 4.78 is 0. The van der Waals surface area contributed by atoms with Crippen molar-refractivity contribution in [3.8, 4) is 0 Å². The van der Waals surface area contributed by atoms with E-state index in [1.807, 2.05) is 17.9 Å². The molecule has 2 rings (SSSR count). The van der Waals surface area contributed by atoms with E-state index < -0.39 is 5.97 Å². The number of carbonyl (C=O) groups excluding carboxylic acids is 1. The number of amides is 1. The van der Waals surface area contributed by atoms with Crippen LogP contribution in [0.4, 0.5) is 0 Å². The van der Waals surface area contributed by atoms with Crippen molar-refractivity contribution in [3.05, 3.63) is 35.4 Å². The molecular weight excluding hydrogens is 242 g/mol. The first-order chi connectivity index (χ1) is 9.11. The minimum Gasteiger partial charge on any atom is -0.478 e. The minimum absolute atomic E-state index is 0.180. The lowest BCUT2D eigenvalue weighted by Crippen LogP contribution is -2.38. The van der Waals surface area contributed by atoms with Crippen LogP contribution >= 0.6 is 0 Å². The summed E-state index contributed by atoms with van der Waals surface area (Å²) in [7, 11) is 0. The standard InChI is InChI=1S/C15H19NO3/c1-2-14(17)16-8-4-7-13(10-16)11-5-3-6-12(9-11)15(18)19/h3,5-6,9,13H,2,4,7-8,10H2,1H3,(H,18,19). The molecule has 19 heavy (non-hydrogen) atoms. The van der Waals surface area contributed by atoms with E-state index in [9.17, 15) is 9.59 Å². The van der Waals surface area contributed by atoms with E-state index in [1.165, 1.54) is 0 Å². The highest BCUT2D eigenvalue weighted by atomic mass is 16.4. The Labute approximate surface area is 113 Å². The molecule has 1 unspecified atom stereocenters. The molecule has 1 N–H and O–H groups in total. The van der Waals surface area contributed by atoms with E-state index in [1.54, 1.807) is 18.2 Å². The number of hydrogen-bond acceptors (Lipinski definition) is 2. The fraction of sp³-hybridized carbons (Fsp3) is 0.467. The summed E-state index contributed by atoms with van der Waals surface area (Å²) >= 11 is 0. The molecular formula is C15H19NO3. The van der Waals surface area contributed by atoms with Gasteiger partial charge in [-0.2, -0.15) is 0 Å². The van der Waals surface area contributed by atoms with Gasteiger partial charge in [0.2, 0.25) is 5.91 Å². The first kappa shape index (κ1) is 13.6. The van der Waals surface area contributed by atoms with Gasteiger partial charge < -0.3 is 10.0 Å². The number of rotatable bonds is 3. The zero-order chi connectivity index (χ0) is 13.8. The van der Waals surface area contributed by atoms with Crippen LogP contribution in [0.2, 0.25) is 0 Å². The van der Waals surface area contributed by atoms with E-state index in [4.69, 9.17) is 5.11 Å². The molecule has 1 amide bonds. The number of benzene rings is 1. The van der Waals surface area contributed by atoms with Crippen LogP contribution in [0.3, 0.4) is 0 Å². The molecule has 102 valence electrons. The fourth-order valence-electron chi connectivity index (χ4n) is 2.62. The number of carbonyl (C=O) groups is 2. The van der Waals surface area contributed by atoms with Gasteiger partial charge in [-0.05, 0) is 30.5 Å². The predicted octanol–water partition coefficient (Wildman–Crippen LogP) is 2.50. The molecule has 0 spiro atoms. The quantitative estimate of drug-likeness (QED) is 0.909. The molecule has 4 heteroatoms. The number of hydrogen-bond donors (Lipinski definition) is 1. The summed E-state index contributed by atoms with van der Waals surface area (Å²) in [5.74, 6) is -0.471. The van der Waals surface area contributed by atoms with Crippen molar-refractivity contribution in [2.45, 2.75) is 32.1 Å². The van der Waals surface area contributed by atoms with Gasteiger partial charge in [-0.3, -0.25) is 4.79 Å². The maximum atomic E-state index is 11.8. The van der Waals surface area contributed by atoms with Gasteiger partial charge in [0.1, 0.15) is 0 Å². The van der Waals surface area contributed by atoms with E-state index in [0.717, 1.165) is 24.9 Å². The Morgan fingerprint density at radius 1 is 1.42 bits per heavy atom. The lowest BCUT2D eigenvalue weighted by molar-refractivity contribution is -0.132. The molecule has 1 atom stereocenters. The van der Waals surface area contributed by atoms with Crippen molar-refractivity contribution in [1.82, 2.24) is 4.90 Å². The summed E-state index contributed by atoms with van der Waals surface area (Å²) in [6.45, 7) is 3.40. The molecule has 1 aromatic carbocycles. The minimum atomic E-state index is -0.904. The Balaban J connectivity index is 2.15. The van der Waals surface area contributed by atoms with Crippen LogP contribution in [-0.2, 0) is 4.79 Å². The Morgan fingerprint density at radius 2 is 2.21 bits per heavy atom. The third kappa shape index (κ3) is 3.13. The number of likely N-dealkylation sites (tertiary alicyclic amines) is 1. The van der Waals surface area contributed by atoms with Crippen LogP contribution in [0.15, 0.2) is 24.3 Å². The number of aromatic carboxylic acids is 1. The zero-order valence-electron chi connectivity index (χ0n) is 11.1. The first-order valence-corrected chi connectivity index (χ1v) is 6.73. The molecule has 1 fully saturated rings. The Hall–Kier alpha value is -1.84. The number of carboxylic acid groups (broad SMARTS) is 1.